The Hall–Kier alpha value is -2.33. The Morgan fingerprint density at radius 2 is 1.74 bits per heavy atom. The Morgan fingerprint density at radius 3 is 2.41 bits per heavy atom. The van der Waals surface area contributed by atoms with Crippen LogP contribution in [0.25, 0.3) is 10.9 Å². The summed E-state index contributed by atoms with van der Waals surface area (Å²) in [5.41, 5.74) is 5.54. The molecule has 1 amide bonds. The molecule has 0 radical (unpaired) electrons. The van der Waals surface area contributed by atoms with E-state index in [-0.39, 0.29) is 11.3 Å². The molecule has 0 unspecified atom stereocenters. The second kappa shape index (κ2) is 7.73. The van der Waals surface area contributed by atoms with Crippen molar-refractivity contribution in [2.24, 2.45) is 0 Å². The summed E-state index contributed by atoms with van der Waals surface area (Å²) in [4.78, 5) is 17.1. The molecule has 3 nitrogen and oxygen atoms in total. The van der Waals surface area contributed by atoms with Crippen molar-refractivity contribution in [1.82, 2.24) is 4.98 Å². The van der Waals surface area contributed by atoms with Crippen LogP contribution in [0.4, 0.5) is 5.69 Å². The number of hydrogen-bond donors (Lipinski definition) is 1. The van der Waals surface area contributed by atoms with Crippen molar-refractivity contribution in [2.75, 3.05) is 11.1 Å². The number of nitrogens with one attached hydrogen (secondary N) is 1. The zero-order valence-electron chi connectivity index (χ0n) is 16.6. The number of carbonyl (C=O) groups excluding carboxylic acids is 1. The molecular weight excluding hydrogens is 352 g/mol. The number of carbonyl (C=O) groups is 1. The molecule has 2 aromatic carbocycles. The van der Waals surface area contributed by atoms with Gasteiger partial charge in [-0.05, 0) is 54.2 Å². The van der Waals surface area contributed by atoms with Crippen molar-refractivity contribution in [3.63, 3.8) is 0 Å². The SMILES string of the molecule is Cc1cc(SCC(=O)Nc2ccc(C(C)(C)C)cc2)nc2c(C)cccc12. The van der Waals surface area contributed by atoms with E-state index in [4.69, 9.17) is 4.98 Å². The van der Waals surface area contributed by atoms with E-state index in [1.165, 1.54) is 28.3 Å². The first kappa shape index (κ1) is 19.4. The third kappa shape index (κ3) is 4.69. The highest BCUT2D eigenvalue weighted by molar-refractivity contribution is 7.99. The van der Waals surface area contributed by atoms with Crippen molar-refractivity contribution < 1.29 is 4.79 Å². The monoisotopic (exact) mass is 378 g/mol. The maximum atomic E-state index is 12.3. The average Bonchev–Trinajstić information content (AvgIpc) is 2.61. The predicted octanol–water partition coefficient (Wildman–Crippen LogP) is 5.88. The van der Waals surface area contributed by atoms with E-state index >= 15 is 0 Å². The van der Waals surface area contributed by atoms with Crippen molar-refractivity contribution >= 4 is 34.3 Å². The number of anilines is 1. The summed E-state index contributed by atoms with van der Waals surface area (Å²) < 4.78 is 0. The van der Waals surface area contributed by atoms with Crippen LogP contribution < -0.4 is 5.32 Å². The van der Waals surface area contributed by atoms with E-state index < -0.39 is 0 Å². The van der Waals surface area contributed by atoms with Crippen molar-refractivity contribution in [2.45, 2.75) is 45.1 Å². The van der Waals surface area contributed by atoms with Gasteiger partial charge in [0.1, 0.15) is 0 Å². The number of fused-ring (bicyclic) bond motifs is 1. The van der Waals surface area contributed by atoms with Gasteiger partial charge in [0.2, 0.25) is 5.91 Å². The number of thioether (sulfide) groups is 1. The predicted molar refractivity (Wildman–Crippen MR) is 116 cm³/mol. The van der Waals surface area contributed by atoms with Crippen LogP contribution in [0.3, 0.4) is 0 Å². The van der Waals surface area contributed by atoms with Crippen LogP contribution in [0.1, 0.15) is 37.5 Å². The molecule has 140 valence electrons. The lowest BCUT2D eigenvalue weighted by molar-refractivity contribution is -0.113. The summed E-state index contributed by atoms with van der Waals surface area (Å²) in [5.74, 6) is 0.318. The Balaban J connectivity index is 1.66. The van der Waals surface area contributed by atoms with E-state index in [1.807, 2.05) is 12.1 Å². The van der Waals surface area contributed by atoms with Crippen LogP contribution >= 0.6 is 11.8 Å². The maximum absolute atomic E-state index is 12.3. The Morgan fingerprint density at radius 1 is 1.04 bits per heavy atom. The minimum Gasteiger partial charge on any atom is -0.325 e. The minimum atomic E-state index is -0.0205. The summed E-state index contributed by atoms with van der Waals surface area (Å²) in [6.07, 6.45) is 0. The number of amides is 1. The van der Waals surface area contributed by atoms with Gasteiger partial charge in [-0.15, -0.1) is 0 Å². The number of pyridine rings is 1. The molecule has 0 aliphatic heterocycles. The van der Waals surface area contributed by atoms with E-state index in [0.29, 0.717) is 5.75 Å². The van der Waals surface area contributed by atoms with Gasteiger partial charge in [-0.1, -0.05) is 62.9 Å². The molecule has 0 aliphatic rings. The van der Waals surface area contributed by atoms with Gasteiger partial charge < -0.3 is 5.32 Å². The first-order valence-electron chi connectivity index (χ1n) is 9.14. The zero-order chi connectivity index (χ0) is 19.6. The van der Waals surface area contributed by atoms with Gasteiger partial charge >= 0.3 is 0 Å². The van der Waals surface area contributed by atoms with Gasteiger partial charge in [0.05, 0.1) is 16.3 Å². The van der Waals surface area contributed by atoms with Crippen molar-refractivity contribution in [1.29, 1.82) is 0 Å². The van der Waals surface area contributed by atoms with Crippen molar-refractivity contribution in [3.8, 4) is 0 Å². The van der Waals surface area contributed by atoms with Gasteiger partial charge in [0, 0.05) is 11.1 Å². The topological polar surface area (TPSA) is 42.0 Å². The molecule has 0 atom stereocenters. The Kier molecular flexibility index (Phi) is 5.56. The molecule has 0 bridgehead atoms. The molecule has 4 heteroatoms. The molecule has 0 saturated carbocycles. The summed E-state index contributed by atoms with van der Waals surface area (Å²) in [6.45, 7) is 10.7. The van der Waals surface area contributed by atoms with E-state index in [0.717, 1.165) is 21.8 Å². The molecule has 3 rings (SSSR count). The number of benzene rings is 2. The van der Waals surface area contributed by atoms with Gasteiger partial charge in [-0.25, -0.2) is 4.98 Å². The molecule has 3 aromatic rings. The van der Waals surface area contributed by atoms with Gasteiger partial charge in [0.15, 0.2) is 0 Å². The fraction of sp³-hybridized carbons (Fsp3) is 0.304. The number of hydrogen-bond acceptors (Lipinski definition) is 3. The first-order chi connectivity index (χ1) is 12.7. The molecule has 0 saturated heterocycles. The molecule has 1 aromatic heterocycles. The van der Waals surface area contributed by atoms with E-state index in [1.54, 1.807) is 0 Å². The lowest BCUT2D eigenvalue weighted by Crippen LogP contribution is -2.15. The molecule has 0 aliphatic carbocycles. The fourth-order valence-electron chi connectivity index (χ4n) is 3.00. The minimum absolute atomic E-state index is 0.0205. The molecular formula is C23H26N2OS. The zero-order valence-corrected chi connectivity index (χ0v) is 17.4. The second-order valence-corrected chi connectivity index (χ2v) is 8.91. The third-order valence-electron chi connectivity index (χ3n) is 4.61. The summed E-state index contributed by atoms with van der Waals surface area (Å²) in [5, 5.41) is 5.02. The highest BCUT2D eigenvalue weighted by Crippen LogP contribution is 2.26. The quantitative estimate of drug-likeness (QED) is 0.576. The highest BCUT2D eigenvalue weighted by atomic mass is 32.2. The largest absolute Gasteiger partial charge is 0.325 e. The summed E-state index contributed by atoms with van der Waals surface area (Å²) in [7, 11) is 0. The Labute approximate surface area is 165 Å². The maximum Gasteiger partial charge on any atom is 0.234 e. The molecule has 0 spiro atoms. The first-order valence-corrected chi connectivity index (χ1v) is 10.1. The summed E-state index contributed by atoms with van der Waals surface area (Å²) in [6, 6.07) is 16.3. The number of nitrogens with zero attached hydrogens (tertiary/aromatic N) is 1. The standard InChI is InChI=1S/C23H26N2OS/c1-15-7-6-8-19-16(2)13-21(25-22(15)19)27-14-20(26)24-18-11-9-17(10-12-18)23(3,4)5/h6-13H,14H2,1-5H3,(H,24,26). The van der Waals surface area contributed by atoms with E-state index in [2.05, 4.69) is 76.3 Å². The lowest BCUT2D eigenvalue weighted by Gasteiger charge is -2.19. The molecule has 0 fully saturated rings. The normalized spacial score (nSPS) is 11.6. The van der Waals surface area contributed by atoms with Crippen LogP contribution in [0, 0.1) is 13.8 Å². The van der Waals surface area contributed by atoms with Gasteiger partial charge in [-0.3, -0.25) is 4.79 Å². The lowest BCUT2D eigenvalue weighted by atomic mass is 9.87. The average molecular weight is 379 g/mol. The van der Waals surface area contributed by atoms with Crippen LogP contribution in [-0.4, -0.2) is 16.6 Å². The third-order valence-corrected chi connectivity index (χ3v) is 5.52. The van der Waals surface area contributed by atoms with Crippen LogP contribution in [0.2, 0.25) is 0 Å². The summed E-state index contributed by atoms with van der Waals surface area (Å²) >= 11 is 1.47. The Bertz CT molecular complexity index is 972. The van der Waals surface area contributed by atoms with E-state index in [9.17, 15) is 4.79 Å². The van der Waals surface area contributed by atoms with Crippen LogP contribution in [0.15, 0.2) is 53.6 Å². The fourth-order valence-corrected chi connectivity index (χ4v) is 3.76. The number of para-hydroxylation sites is 1. The van der Waals surface area contributed by atoms with Crippen LogP contribution in [-0.2, 0) is 10.2 Å². The molecule has 27 heavy (non-hydrogen) atoms. The van der Waals surface area contributed by atoms with Crippen molar-refractivity contribution in [3.05, 3.63) is 65.2 Å². The van der Waals surface area contributed by atoms with Gasteiger partial charge in [-0.2, -0.15) is 0 Å². The number of rotatable bonds is 4. The highest BCUT2D eigenvalue weighted by Gasteiger charge is 2.13. The van der Waals surface area contributed by atoms with Gasteiger partial charge in [0.25, 0.3) is 0 Å². The number of aryl methyl sites for hydroxylation is 2. The smallest absolute Gasteiger partial charge is 0.234 e. The molecule has 1 heterocycles. The van der Waals surface area contributed by atoms with Crippen LogP contribution in [0.5, 0.6) is 0 Å². The molecule has 1 N–H and O–H groups in total. The number of aromatic nitrogens is 1. The second-order valence-electron chi connectivity index (χ2n) is 7.91.